The van der Waals surface area contributed by atoms with Crippen LogP contribution in [0.15, 0.2) is 0 Å². The topological polar surface area (TPSA) is 23.8 Å². The van der Waals surface area contributed by atoms with Crippen LogP contribution < -0.4 is 0 Å². The van der Waals surface area contributed by atoms with Gasteiger partial charge in [-0.2, -0.15) is 5.26 Å². The molecule has 0 saturated heterocycles. The molecule has 0 spiro atoms. The van der Waals surface area contributed by atoms with Gasteiger partial charge in [-0.3, -0.25) is 0 Å². The van der Waals surface area contributed by atoms with Gasteiger partial charge in [-0.15, -0.1) is 0 Å². The van der Waals surface area contributed by atoms with E-state index in [0.29, 0.717) is 5.41 Å². The molecule has 1 saturated carbocycles. The predicted octanol–water partition coefficient (Wildman–Crippen LogP) is 3.51. The summed E-state index contributed by atoms with van der Waals surface area (Å²) >= 11 is 0. The Morgan fingerprint density at radius 2 is 2.00 bits per heavy atom. The Bertz CT molecular complexity index is 194. The summed E-state index contributed by atoms with van der Waals surface area (Å²) in [5, 5.41) is 8.94. The number of hydrogen-bond donors (Lipinski definition) is 0. The van der Waals surface area contributed by atoms with Crippen LogP contribution in [0.25, 0.3) is 0 Å². The Hall–Kier alpha value is -0.510. The Morgan fingerprint density at radius 3 is 2.33 bits per heavy atom. The lowest BCUT2D eigenvalue weighted by atomic mass is 9.78. The number of hydrogen-bond acceptors (Lipinski definition) is 1. The summed E-state index contributed by atoms with van der Waals surface area (Å²) < 4.78 is 0. The van der Waals surface area contributed by atoms with Crippen molar-refractivity contribution < 1.29 is 0 Å². The maximum atomic E-state index is 8.94. The first kappa shape index (κ1) is 9.58. The average molecular weight is 165 g/mol. The number of rotatable bonds is 4. The van der Waals surface area contributed by atoms with Crippen molar-refractivity contribution in [1.29, 1.82) is 5.26 Å². The lowest BCUT2D eigenvalue weighted by Gasteiger charge is -2.26. The van der Waals surface area contributed by atoms with Crippen molar-refractivity contribution in [2.24, 2.45) is 10.8 Å². The van der Waals surface area contributed by atoms with Gasteiger partial charge < -0.3 is 0 Å². The zero-order chi connectivity index (χ0) is 9.24. The van der Waals surface area contributed by atoms with Crippen LogP contribution in [0.5, 0.6) is 0 Å². The Balaban J connectivity index is 2.45. The van der Waals surface area contributed by atoms with Crippen molar-refractivity contribution in [3.05, 3.63) is 0 Å². The molecule has 0 aromatic carbocycles. The van der Waals surface area contributed by atoms with Gasteiger partial charge in [0.15, 0.2) is 0 Å². The third-order valence-corrected chi connectivity index (χ3v) is 2.83. The van der Waals surface area contributed by atoms with Gasteiger partial charge in [0.1, 0.15) is 0 Å². The maximum absolute atomic E-state index is 8.94. The van der Waals surface area contributed by atoms with Crippen molar-refractivity contribution >= 4 is 0 Å². The van der Waals surface area contributed by atoms with E-state index in [4.69, 9.17) is 5.26 Å². The van der Waals surface area contributed by atoms with Crippen molar-refractivity contribution in [2.45, 2.75) is 52.9 Å². The highest BCUT2D eigenvalue weighted by Gasteiger charge is 2.46. The number of nitriles is 1. The van der Waals surface area contributed by atoms with Gasteiger partial charge in [0.2, 0.25) is 0 Å². The largest absolute Gasteiger partial charge is 0.198 e. The van der Waals surface area contributed by atoms with Gasteiger partial charge in [0, 0.05) is 0 Å². The van der Waals surface area contributed by atoms with Gasteiger partial charge >= 0.3 is 0 Å². The average Bonchev–Trinajstić information content (AvgIpc) is 2.68. The quantitative estimate of drug-likeness (QED) is 0.625. The highest BCUT2D eigenvalue weighted by molar-refractivity contribution is 5.11. The van der Waals surface area contributed by atoms with E-state index in [0.717, 1.165) is 19.3 Å². The van der Waals surface area contributed by atoms with Crippen molar-refractivity contribution in [3.63, 3.8) is 0 Å². The van der Waals surface area contributed by atoms with Crippen molar-refractivity contribution in [1.82, 2.24) is 0 Å². The molecule has 0 aromatic heterocycles. The zero-order valence-corrected chi connectivity index (χ0v) is 8.48. The third-order valence-electron chi connectivity index (χ3n) is 2.83. The molecule has 1 heteroatoms. The molecule has 1 aliphatic carbocycles. The summed E-state index contributed by atoms with van der Waals surface area (Å²) in [4.78, 5) is 0. The summed E-state index contributed by atoms with van der Waals surface area (Å²) in [5.74, 6) is 0. The van der Waals surface area contributed by atoms with Crippen LogP contribution in [0.2, 0.25) is 0 Å². The van der Waals surface area contributed by atoms with Crippen LogP contribution >= 0.6 is 0 Å². The molecule has 68 valence electrons. The molecule has 12 heavy (non-hydrogen) atoms. The van der Waals surface area contributed by atoms with E-state index in [1.807, 2.05) is 0 Å². The van der Waals surface area contributed by atoms with E-state index >= 15 is 0 Å². The van der Waals surface area contributed by atoms with Crippen LogP contribution in [-0.2, 0) is 0 Å². The second-order valence-corrected chi connectivity index (χ2v) is 4.98. The molecule has 0 bridgehead atoms. The summed E-state index contributed by atoms with van der Waals surface area (Å²) in [7, 11) is 0. The Labute approximate surface area is 75.8 Å². The first-order valence-corrected chi connectivity index (χ1v) is 4.95. The molecule has 1 nitrogen and oxygen atoms in total. The van der Waals surface area contributed by atoms with E-state index in [1.165, 1.54) is 12.8 Å². The van der Waals surface area contributed by atoms with Gasteiger partial charge in [-0.1, -0.05) is 27.2 Å². The van der Waals surface area contributed by atoms with E-state index < -0.39 is 0 Å². The Kier molecular flexibility index (Phi) is 2.46. The Morgan fingerprint density at radius 1 is 1.42 bits per heavy atom. The molecule has 1 aliphatic rings. The highest BCUT2D eigenvalue weighted by Crippen LogP contribution is 2.53. The zero-order valence-electron chi connectivity index (χ0n) is 8.48. The second-order valence-electron chi connectivity index (χ2n) is 4.98. The van der Waals surface area contributed by atoms with Gasteiger partial charge in [0.05, 0.1) is 11.5 Å². The van der Waals surface area contributed by atoms with Gasteiger partial charge in [0.25, 0.3) is 0 Å². The van der Waals surface area contributed by atoms with Crippen LogP contribution in [0.3, 0.4) is 0 Å². The number of nitrogens with zero attached hydrogens (tertiary/aromatic N) is 1. The monoisotopic (exact) mass is 165 g/mol. The summed E-state index contributed by atoms with van der Waals surface area (Å²) in [6.07, 6.45) is 5.85. The molecular formula is C11H19N. The van der Waals surface area contributed by atoms with Crippen molar-refractivity contribution in [2.75, 3.05) is 0 Å². The standard InChI is InChI=1S/C11H19N/c1-4-5-10(2,3)8-11(9-12)6-7-11/h4-8H2,1-3H3. The minimum Gasteiger partial charge on any atom is -0.198 e. The minimum absolute atomic E-state index is 0.0820. The van der Waals surface area contributed by atoms with Crippen LogP contribution in [0, 0.1) is 22.2 Å². The molecule has 0 aromatic rings. The smallest absolute Gasteiger partial charge is 0.0689 e. The lowest BCUT2D eigenvalue weighted by Crippen LogP contribution is -2.16. The summed E-state index contributed by atoms with van der Waals surface area (Å²) in [5.41, 5.74) is 0.458. The fourth-order valence-corrected chi connectivity index (χ4v) is 2.16. The molecular weight excluding hydrogens is 146 g/mol. The molecule has 0 amide bonds. The molecule has 1 rings (SSSR count). The minimum atomic E-state index is 0.0820. The van der Waals surface area contributed by atoms with Crippen molar-refractivity contribution in [3.8, 4) is 6.07 Å². The molecule has 0 heterocycles. The fraction of sp³-hybridized carbons (Fsp3) is 0.909. The van der Waals surface area contributed by atoms with E-state index in [-0.39, 0.29) is 5.41 Å². The molecule has 0 atom stereocenters. The van der Waals surface area contributed by atoms with Gasteiger partial charge in [-0.25, -0.2) is 0 Å². The van der Waals surface area contributed by atoms with E-state index in [2.05, 4.69) is 26.8 Å². The predicted molar refractivity (Wildman–Crippen MR) is 50.6 cm³/mol. The first-order chi connectivity index (χ1) is 5.54. The van der Waals surface area contributed by atoms with E-state index in [9.17, 15) is 0 Å². The molecule has 0 aliphatic heterocycles. The van der Waals surface area contributed by atoms with Gasteiger partial charge in [-0.05, 0) is 31.1 Å². The summed E-state index contributed by atoms with van der Waals surface area (Å²) in [6.45, 7) is 6.79. The fourth-order valence-electron chi connectivity index (χ4n) is 2.16. The first-order valence-electron chi connectivity index (χ1n) is 4.95. The SMILES string of the molecule is CCCC(C)(C)CC1(C#N)CC1. The lowest BCUT2D eigenvalue weighted by molar-refractivity contribution is 0.261. The molecule has 0 unspecified atom stereocenters. The second kappa shape index (κ2) is 3.09. The van der Waals surface area contributed by atoms with Crippen LogP contribution in [-0.4, -0.2) is 0 Å². The highest BCUT2D eigenvalue weighted by atomic mass is 14.5. The normalized spacial score (nSPS) is 20.2. The van der Waals surface area contributed by atoms with Crippen LogP contribution in [0.4, 0.5) is 0 Å². The van der Waals surface area contributed by atoms with E-state index in [1.54, 1.807) is 0 Å². The molecule has 0 radical (unpaired) electrons. The maximum Gasteiger partial charge on any atom is 0.0689 e. The van der Waals surface area contributed by atoms with Crippen LogP contribution in [0.1, 0.15) is 52.9 Å². The molecule has 0 N–H and O–H groups in total. The summed E-state index contributed by atoms with van der Waals surface area (Å²) in [6, 6.07) is 2.47. The third kappa shape index (κ3) is 2.24. The molecule has 1 fully saturated rings.